The minimum atomic E-state index is -0.255. The molecule has 23 heavy (non-hydrogen) atoms. The second kappa shape index (κ2) is 7.78. The maximum absolute atomic E-state index is 10.2. The molecular weight excluding hydrogens is 292 g/mol. The molecule has 2 fully saturated rings. The van der Waals surface area contributed by atoms with Crippen molar-refractivity contribution in [1.29, 1.82) is 5.26 Å². The Hall–Kier alpha value is -1.61. The second-order valence-electron chi connectivity index (χ2n) is 6.30. The zero-order valence-electron chi connectivity index (χ0n) is 13.4. The van der Waals surface area contributed by atoms with Crippen LogP contribution in [0.5, 0.6) is 5.75 Å². The van der Waals surface area contributed by atoms with E-state index in [4.69, 9.17) is 14.7 Å². The zero-order chi connectivity index (χ0) is 16.1. The Morgan fingerprint density at radius 3 is 3.04 bits per heavy atom. The summed E-state index contributed by atoms with van der Waals surface area (Å²) in [5.74, 6) is 0.851. The van der Waals surface area contributed by atoms with Gasteiger partial charge < -0.3 is 14.6 Å². The van der Waals surface area contributed by atoms with Gasteiger partial charge in [0, 0.05) is 25.1 Å². The highest BCUT2D eigenvalue weighted by atomic mass is 16.5. The Kier molecular flexibility index (Phi) is 5.50. The van der Waals surface area contributed by atoms with Gasteiger partial charge in [-0.25, -0.2) is 0 Å². The lowest BCUT2D eigenvalue weighted by atomic mass is 9.89. The van der Waals surface area contributed by atoms with Crippen LogP contribution >= 0.6 is 0 Å². The molecule has 5 heteroatoms. The average Bonchev–Trinajstić information content (AvgIpc) is 3.04. The zero-order valence-corrected chi connectivity index (χ0v) is 13.4. The molecule has 0 unspecified atom stereocenters. The van der Waals surface area contributed by atoms with Gasteiger partial charge in [-0.1, -0.05) is 12.1 Å². The minimum Gasteiger partial charge on any atom is -0.491 e. The first-order valence-corrected chi connectivity index (χ1v) is 8.41. The Morgan fingerprint density at radius 2 is 2.22 bits per heavy atom. The normalized spacial score (nSPS) is 28.4. The number of likely N-dealkylation sites (tertiary alicyclic amines) is 1. The molecule has 2 aliphatic heterocycles. The first-order valence-electron chi connectivity index (χ1n) is 8.41. The van der Waals surface area contributed by atoms with Crippen molar-refractivity contribution in [1.82, 2.24) is 4.90 Å². The molecule has 5 nitrogen and oxygen atoms in total. The van der Waals surface area contributed by atoms with Crippen molar-refractivity contribution in [3.05, 3.63) is 29.8 Å². The highest BCUT2D eigenvalue weighted by molar-refractivity contribution is 5.42. The predicted molar refractivity (Wildman–Crippen MR) is 86.2 cm³/mol. The molecule has 0 bridgehead atoms. The summed E-state index contributed by atoms with van der Waals surface area (Å²) in [6.45, 7) is 3.72. The second-order valence-corrected chi connectivity index (χ2v) is 6.30. The smallest absolute Gasteiger partial charge is 0.137 e. The van der Waals surface area contributed by atoms with Crippen molar-refractivity contribution in [2.45, 2.75) is 31.4 Å². The van der Waals surface area contributed by atoms with Crippen molar-refractivity contribution >= 4 is 0 Å². The topological polar surface area (TPSA) is 65.7 Å². The quantitative estimate of drug-likeness (QED) is 0.897. The fourth-order valence-corrected chi connectivity index (χ4v) is 3.69. The van der Waals surface area contributed by atoms with Crippen LogP contribution in [0.1, 0.15) is 24.8 Å². The number of ether oxygens (including phenoxy) is 2. The van der Waals surface area contributed by atoms with Gasteiger partial charge in [-0.15, -0.1) is 0 Å². The van der Waals surface area contributed by atoms with Crippen LogP contribution in [0.2, 0.25) is 0 Å². The number of hydrogen-bond acceptors (Lipinski definition) is 5. The van der Waals surface area contributed by atoms with Crippen LogP contribution in [-0.2, 0) is 4.74 Å². The summed E-state index contributed by atoms with van der Waals surface area (Å²) in [4.78, 5) is 2.40. The number of nitriles is 1. The van der Waals surface area contributed by atoms with Crippen LogP contribution in [-0.4, -0.2) is 55.1 Å². The SMILES string of the molecule is N#Cc1ccccc1OCCN1CCC[C@@H]1[C@@H]1COCC[C@@H]1O. The molecule has 2 aliphatic rings. The summed E-state index contributed by atoms with van der Waals surface area (Å²) in [5.41, 5.74) is 0.571. The van der Waals surface area contributed by atoms with E-state index >= 15 is 0 Å². The molecule has 0 saturated carbocycles. The number of rotatable bonds is 5. The van der Waals surface area contributed by atoms with Gasteiger partial charge in [0.05, 0.1) is 18.3 Å². The Balaban J connectivity index is 1.54. The number of nitrogens with zero attached hydrogens (tertiary/aromatic N) is 2. The monoisotopic (exact) mass is 316 g/mol. The van der Waals surface area contributed by atoms with Crippen LogP contribution in [0.3, 0.4) is 0 Å². The molecule has 0 spiro atoms. The molecule has 2 heterocycles. The van der Waals surface area contributed by atoms with Gasteiger partial charge in [0.1, 0.15) is 18.4 Å². The fourth-order valence-electron chi connectivity index (χ4n) is 3.69. The minimum absolute atomic E-state index is 0.206. The molecule has 0 amide bonds. The lowest BCUT2D eigenvalue weighted by Crippen LogP contribution is -2.47. The van der Waals surface area contributed by atoms with Gasteiger partial charge in [-0.3, -0.25) is 4.90 Å². The van der Waals surface area contributed by atoms with Gasteiger partial charge in [-0.05, 0) is 37.9 Å². The molecule has 1 N–H and O–H groups in total. The number of hydrogen-bond donors (Lipinski definition) is 1. The lowest BCUT2D eigenvalue weighted by molar-refractivity contribution is -0.0634. The first-order chi connectivity index (χ1) is 11.3. The lowest BCUT2D eigenvalue weighted by Gasteiger charge is -2.37. The molecule has 0 aliphatic carbocycles. The van der Waals surface area contributed by atoms with Gasteiger partial charge in [0.25, 0.3) is 0 Å². The average molecular weight is 316 g/mol. The summed E-state index contributed by atoms with van der Waals surface area (Å²) >= 11 is 0. The number of aliphatic hydroxyl groups excluding tert-OH is 1. The van der Waals surface area contributed by atoms with E-state index in [1.165, 1.54) is 0 Å². The van der Waals surface area contributed by atoms with E-state index in [0.29, 0.717) is 37.2 Å². The van der Waals surface area contributed by atoms with E-state index in [1.54, 1.807) is 6.07 Å². The number of benzene rings is 1. The van der Waals surface area contributed by atoms with Crippen LogP contribution in [0.15, 0.2) is 24.3 Å². The van der Waals surface area contributed by atoms with Crippen molar-refractivity contribution in [2.24, 2.45) is 5.92 Å². The van der Waals surface area contributed by atoms with Crippen LogP contribution in [0, 0.1) is 17.2 Å². The largest absolute Gasteiger partial charge is 0.491 e. The van der Waals surface area contributed by atoms with Crippen LogP contribution in [0.4, 0.5) is 0 Å². The molecule has 2 saturated heterocycles. The Labute approximate surface area is 137 Å². The molecule has 0 radical (unpaired) electrons. The van der Waals surface area contributed by atoms with E-state index in [-0.39, 0.29) is 12.0 Å². The highest BCUT2D eigenvalue weighted by Gasteiger charge is 2.37. The van der Waals surface area contributed by atoms with Gasteiger partial charge in [0.2, 0.25) is 0 Å². The third-order valence-electron chi connectivity index (χ3n) is 4.91. The summed E-state index contributed by atoms with van der Waals surface area (Å²) in [5, 5.41) is 19.3. The van der Waals surface area contributed by atoms with E-state index in [9.17, 15) is 5.11 Å². The summed E-state index contributed by atoms with van der Waals surface area (Å²) in [6.07, 6.45) is 2.75. The molecular formula is C18H24N2O3. The first kappa shape index (κ1) is 16.3. The fraction of sp³-hybridized carbons (Fsp3) is 0.611. The van der Waals surface area contributed by atoms with Crippen LogP contribution < -0.4 is 4.74 Å². The number of aliphatic hydroxyl groups is 1. The van der Waals surface area contributed by atoms with Crippen molar-refractivity contribution in [3.8, 4) is 11.8 Å². The summed E-state index contributed by atoms with van der Waals surface area (Å²) < 4.78 is 11.4. The van der Waals surface area contributed by atoms with Gasteiger partial charge in [-0.2, -0.15) is 5.26 Å². The number of para-hydroxylation sites is 1. The Bertz CT molecular complexity index is 557. The Morgan fingerprint density at radius 1 is 1.35 bits per heavy atom. The van der Waals surface area contributed by atoms with E-state index in [0.717, 1.165) is 32.4 Å². The third kappa shape index (κ3) is 3.84. The van der Waals surface area contributed by atoms with Crippen LogP contribution in [0.25, 0.3) is 0 Å². The van der Waals surface area contributed by atoms with Crippen molar-refractivity contribution in [2.75, 3.05) is 32.9 Å². The highest BCUT2D eigenvalue weighted by Crippen LogP contribution is 2.29. The summed E-state index contributed by atoms with van der Waals surface area (Å²) in [6, 6.07) is 9.85. The van der Waals surface area contributed by atoms with Crippen molar-refractivity contribution < 1.29 is 14.6 Å². The van der Waals surface area contributed by atoms with E-state index < -0.39 is 0 Å². The van der Waals surface area contributed by atoms with E-state index in [1.807, 2.05) is 18.2 Å². The maximum Gasteiger partial charge on any atom is 0.137 e. The molecule has 1 aromatic carbocycles. The third-order valence-corrected chi connectivity index (χ3v) is 4.91. The molecule has 1 aromatic rings. The maximum atomic E-state index is 10.2. The molecule has 3 atom stereocenters. The van der Waals surface area contributed by atoms with Gasteiger partial charge >= 0.3 is 0 Å². The molecule has 3 rings (SSSR count). The molecule has 124 valence electrons. The standard InChI is InChI=1S/C18H24N2O3/c19-12-14-4-1-2-6-18(14)23-11-9-20-8-3-5-16(20)15-13-22-10-7-17(15)21/h1-2,4,6,15-17,21H,3,5,7-11,13H2/t15-,16+,17-/m0/s1. The van der Waals surface area contributed by atoms with Gasteiger partial charge in [0.15, 0.2) is 0 Å². The van der Waals surface area contributed by atoms with Crippen molar-refractivity contribution in [3.63, 3.8) is 0 Å². The van der Waals surface area contributed by atoms with E-state index in [2.05, 4.69) is 11.0 Å². The molecule has 0 aromatic heterocycles. The summed E-state index contributed by atoms with van der Waals surface area (Å²) in [7, 11) is 0. The predicted octanol–water partition coefficient (Wildman–Crippen LogP) is 1.80.